The van der Waals surface area contributed by atoms with Gasteiger partial charge in [-0.15, -0.1) is 48.1 Å². The van der Waals surface area contributed by atoms with Crippen molar-refractivity contribution in [1.82, 2.24) is 9.55 Å². The van der Waals surface area contributed by atoms with Gasteiger partial charge < -0.3 is 19.1 Å². The molecule has 354 valence electrons. The van der Waals surface area contributed by atoms with Crippen LogP contribution in [0.4, 0.5) is 22.7 Å². The number of ether oxygens (including phenoxy) is 1. The molecule has 2 aromatic heterocycles. The van der Waals surface area contributed by atoms with Crippen LogP contribution in [0.25, 0.3) is 38.8 Å². The molecule has 0 radical (unpaired) electrons. The molecule has 9 rings (SSSR count). The van der Waals surface area contributed by atoms with Crippen LogP contribution < -0.4 is 14.5 Å². The van der Waals surface area contributed by atoms with Crippen LogP contribution in [0, 0.1) is 18.8 Å². The van der Waals surface area contributed by atoms with Gasteiger partial charge in [0.1, 0.15) is 5.82 Å². The molecule has 6 heteroatoms. The Kier molecular flexibility index (Phi) is 12.5. The largest absolute Gasteiger partial charge is 0.509 e. The second-order valence-corrected chi connectivity index (χ2v) is 23.7. The number of benzene rings is 6. The van der Waals surface area contributed by atoms with Gasteiger partial charge >= 0.3 is 0 Å². The quantitative estimate of drug-likeness (QED) is 0.155. The summed E-state index contributed by atoms with van der Waals surface area (Å²) in [5, 5.41) is 2.22. The number of pyridine rings is 1. The number of hydrogen-bond acceptors (Lipinski definition) is 4. The van der Waals surface area contributed by atoms with Crippen LogP contribution in [0.1, 0.15) is 132 Å². The van der Waals surface area contributed by atoms with Crippen LogP contribution in [-0.4, -0.2) is 9.55 Å². The van der Waals surface area contributed by atoms with Gasteiger partial charge in [-0.2, -0.15) is 12.1 Å². The van der Waals surface area contributed by atoms with Crippen molar-refractivity contribution in [3.8, 4) is 28.4 Å². The standard InChI is InChI=1S/C62H67N4O.Pt/c1-58(2,3)42-27-28-63-57(36-42)66-53-26-23-40(41-29-43(59(4,5)6)32-44(30-41)60(7,8)9)31-52(53)51-25-24-50(38-56(51)66)67-49-20-18-19-47(37-49)64-39-65(55-22-17-16-21-54(55)64)48-34-45(61(10,11)12)33-46(35-48)62(13,14)15;/h16-36,39H,1-15H3;/q-3;. The number of anilines is 4. The number of aromatic nitrogens is 2. The van der Waals surface area contributed by atoms with Crippen molar-refractivity contribution in [2.45, 2.75) is 131 Å². The molecule has 6 aromatic carbocycles. The van der Waals surface area contributed by atoms with Crippen molar-refractivity contribution in [2.24, 2.45) is 0 Å². The van der Waals surface area contributed by atoms with E-state index in [9.17, 15) is 0 Å². The topological polar surface area (TPSA) is 33.5 Å². The summed E-state index contributed by atoms with van der Waals surface area (Å²) in [6, 6.07) is 51.6. The van der Waals surface area contributed by atoms with E-state index in [1.807, 2.05) is 24.4 Å². The minimum absolute atomic E-state index is 0. The number of para-hydroxylation sites is 2. The molecule has 8 aromatic rings. The predicted octanol–water partition coefficient (Wildman–Crippen LogP) is 17.1. The van der Waals surface area contributed by atoms with Gasteiger partial charge in [-0.3, -0.25) is 0 Å². The molecule has 0 atom stereocenters. The average Bonchev–Trinajstić information content (AvgIpc) is 3.80. The molecule has 0 amide bonds. The van der Waals surface area contributed by atoms with Gasteiger partial charge in [0.25, 0.3) is 0 Å². The first-order valence-electron chi connectivity index (χ1n) is 23.9. The van der Waals surface area contributed by atoms with Crippen LogP contribution in [0.2, 0.25) is 0 Å². The molecule has 0 aliphatic carbocycles. The minimum Gasteiger partial charge on any atom is -0.509 e. The van der Waals surface area contributed by atoms with E-state index in [4.69, 9.17) is 9.72 Å². The van der Waals surface area contributed by atoms with Gasteiger partial charge in [-0.05, 0) is 114 Å². The van der Waals surface area contributed by atoms with E-state index >= 15 is 0 Å². The maximum Gasteiger partial charge on any atom is 0.135 e. The molecule has 1 aliphatic rings. The Bertz CT molecular complexity index is 3110. The Morgan fingerprint density at radius 2 is 1.03 bits per heavy atom. The van der Waals surface area contributed by atoms with Crippen LogP contribution in [0.15, 0.2) is 128 Å². The summed E-state index contributed by atoms with van der Waals surface area (Å²) in [5.41, 5.74) is 15.1. The normalized spacial score (nSPS) is 13.6. The molecule has 0 saturated heterocycles. The molecule has 1 aliphatic heterocycles. The summed E-state index contributed by atoms with van der Waals surface area (Å²) in [4.78, 5) is 9.50. The Hall–Kier alpha value is -5.64. The molecule has 3 heterocycles. The van der Waals surface area contributed by atoms with Crippen LogP contribution in [0.3, 0.4) is 0 Å². The van der Waals surface area contributed by atoms with Gasteiger partial charge in [0.15, 0.2) is 0 Å². The first-order valence-corrected chi connectivity index (χ1v) is 23.9. The molecular formula is C62H67N4OPt-3. The molecule has 0 unspecified atom stereocenters. The van der Waals surface area contributed by atoms with Gasteiger partial charge in [0, 0.05) is 61.3 Å². The van der Waals surface area contributed by atoms with Crippen molar-refractivity contribution >= 4 is 44.6 Å². The fraction of sp³-hybridized carbons (Fsp3) is 0.323. The van der Waals surface area contributed by atoms with Crippen molar-refractivity contribution in [1.29, 1.82) is 0 Å². The summed E-state index contributed by atoms with van der Waals surface area (Å²) in [7, 11) is 0. The van der Waals surface area contributed by atoms with Crippen molar-refractivity contribution in [3.63, 3.8) is 0 Å². The first-order chi connectivity index (χ1) is 31.3. The second-order valence-electron chi connectivity index (χ2n) is 23.7. The molecule has 0 spiro atoms. The van der Waals surface area contributed by atoms with Crippen LogP contribution in [-0.2, 0) is 48.1 Å². The van der Waals surface area contributed by atoms with Crippen molar-refractivity contribution < 1.29 is 25.8 Å². The summed E-state index contributed by atoms with van der Waals surface area (Å²) < 4.78 is 8.98. The Balaban J connectivity index is 0.00000625. The summed E-state index contributed by atoms with van der Waals surface area (Å²) in [6.45, 7) is 36.4. The van der Waals surface area contributed by atoms with E-state index in [0.717, 1.165) is 50.4 Å². The monoisotopic (exact) mass is 1080 g/mol. The van der Waals surface area contributed by atoms with Gasteiger partial charge in [0.2, 0.25) is 0 Å². The van der Waals surface area contributed by atoms with E-state index in [-0.39, 0.29) is 48.1 Å². The van der Waals surface area contributed by atoms with E-state index < -0.39 is 0 Å². The predicted molar refractivity (Wildman–Crippen MR) is 283 cm³/mol. The van der Waals surface area contributed by atoms with Crippen LogP contribution >= 0.6 is 0 Å². The van der Waals surface area contributed by atoms with Gasteiger partial charge in [-0.25, -0.2) is 4.98 Å². The number of rotatable bonds is 6. The van der Waals surface area contributed by atoms with E-state index in [1.165, 1.54) is 38.9 Å². The molecule has 0 bridgehead atoms. The van der Waals surface area contributed by atoms with Gasteiger partial charge in [0.05, 0.1) is 0 Å². The van der Waals surface area contributed by atoms with E-state index in [1.54, 1.807) is 0 Å². The zero-order chi connectivity index (χ0) is 48.0. The summed E-state index contributed by atoms with van der Waals surface area (Å²) in [5.74, 6) is 2.06. The fourth-order valence-corrected chi connectivity index (χ4v) is 8.95. The number of nitrogens with zero attached hydrogens (tertiary/aromatic N) is 4. The number of hydrogen-bond donors (Lipinski definition) is 0. The average molecular weight is 1080 g/mol. The van der Waals surface area contributed by atoms with Crippen molar-refractivity contribution in [2.75, 3.05) is 9.80 Å². The Morgan fingerprint density at radius 1 is 0.471 bits per heavy atom. The minimum atomic E-state index is -0.0541. The molecule has 0 fully saturated rings. The second kappa shape index (κ2) is 17.4. The van der Waals surface area contributed by atoms with Gasteiger partial charge in [-0.1, -0.05) is 158 Å². The summed E-state index contributed by atoms with van der Waals surface area (Å²) in [6.07, 6.45) is 1.92. The smallest absolute Gasteiger partial charge is 0.135 e. The van der Waals surface area contributed by atoms with Crippen molar-refractivity contribution in [3.05, 3.63) is 174 Å². The molecule has 5 nitrogen and oxygen atoms in total. The maximum atomic E-state index is 6.74. The van der Waals surface area contributed by atoms with E-state index in [0.29, 0.717) is 11.5 Å². The fourth-order valence-electron chi connectivity index (χ4n) is 8.95. The number of fused-ring (bicyclic) bond motifs is 4. The maximum absolute atomic E-state index is 6.74. The third kappa shape index (κ3) is 9.53. The van der Waals surface area contributed by atoms with E-state index in [2.05, 4.69) is 240 Å². The first kappa shape index (κ1) is 48.8. The molecular weight excluding hydrogens is 1010 g/mol. The third-order valence-corrected chi connectivity index (χ3v) is 13.3. The molecule has 68 heavy (non-hydrogen) atoms. The Labute approximate surface area is 420 Å². The van der Waals surface area contributed by atoms with Crippen LogP contribution in [0.5, 0.6) is 11.5 Å². The SMILES string of the molecule is CC(C)(C)c1cc(-c2ccc3c(c2)c2ccc(Oc4[c-]c(N5[CH-]N(c6cc(C(C)(C)C)cc(C(C)(C)C)c6)c6ccccc65)ccc4)[c-]c2n3-c2cc(C(C)(C)C)ccn2)cc(C(C)(C)C)c1.[Pt]. The third-order valence-electron chi connectivity index (χ3n) is 13.3. The zero-order valence-corrected chi connectivity index (χ0v) is 45.0. The summed E-state index contributed by atoms with van der Waals surface area (Å²) >= 11 is 0. The zero-order valence-electron chi connectivity index (χ0n) is 42.7. The molecule has 0 N–H and O–H groups in total. The molecule has 0 saturated carbocycles. The Morgan fingerprint density at radius 3 is 1.62 bits per heavy atom.